The summed E-state index contributed by atoms with van der Waals surface area (Å²) in [4.78, 5) is -0.302. The summed E-state index contributed by atoms with van der Waals surface area (Å²) in [7, 11) is -3.76. The van der Waals surface area contributed by atoms with Crippen LogP contribution in [0.5, 0.6) is 0 Å². The highest BCUT2D eigenvalue weighted by Crippen LogP contribution is 2.22. The van der Waals surface area contributed by atoms with Gasteiger partial charge in [0, 0.05) is 6.04 Å². The zero-order chi connectivity index (χ0) is 15.6. The summed E-state index contributed by atoms with van der Waals surface area (Å²) in [5.41, 5.74) is 8.88. The number of sulfone groups is 1. The number of halogens is 1. The molecule has 0 radical (unpaired) electrons. The number of nitrogens with two attached hydrogens (primary N) is 1. The van der Waals surface area contributed by atoms with Gasteiger partial charge in [-0.3, -0.25) is 0 Å². The number of rotatable bonds is 4. The Hall–Kier alpha value is -1.72. The minimum Gasteiger partial charge on any atom is -0.323 e. The van der Waals surface area contributed by atoms with Crippen LogP contribution in [-0.2, 0) is 9.84 Å². The first-order valence-electron chi connectivity index (χ1n) is 6.61. The van der Waals surface area contributed by atoms with E-state index in [4.69, 9.17) is 5.73 Å². The number of aryl methyl sites for hydroxylation is 2. The fourth-order valence-corrected chi connectivity index (χ4v) is 3.61. The maximum absolute atomic E-state index is 13.6. The van der Waals surface area contributed by atoms with Crippen molar-refractivity contribution in [3.05, 3.63) is 65.0 Å². The first-order valence-corrected chi connectivity index (χ1v) is 8.26. The molecule has 112 valence electrons. The molecule has 2 N–H and O–H groups in total. The summed E-state index contributed by atoms with van der Waals surface area (Å²) in [6.07, 6.45) is 0. The molecule has 2 rings (SSSR count). The van der Waals surface area contributed by atoms with E-state index in [0.717, 1.165) is 22.8 Å². The summed E-state index contributed by atoms with van der Waals surface area (Å²) in [6.45, 7) is 3.91. The van der Waals surface area contributed by atoms with Gasteiger partial charge in [-0.2, -0.15) is 0 Å². The minimum absolute atomic E-state index is 0.302. The Labute approximate surface area is 124 Å². The number of hydrogen-bond acceptors (Lipinski definition) is 3. The van der Waals surface area contributed by atoms with Crippen LogP contribution in [0.25, 0.3) is 0 Å². The van der Waals surface area contributed by atoms with E-state index in [0.29, 0.717) is 0 Å². The van der Waals surface area contributed by atoms with Gasteiger partial charge in [-0.05, 0) is 42.7 Å². The second-order valence-corrected chi connectivity index (χ2v) is 7.16. The molecule has 0 bridgehead atoms. The molecule has 0 saturated heterocycles. The summed E-state index contributed by atoms with van der Waals surface area (Å²) in [5, 5.41) is 0. The van der Waals surface area contributed by atoms with Crippen LogP contribution in [0, 0.1) is 19.7 Å². The predicted octanol–water partition coefficient (Wildman–Crippen LogP) is 2.92. The third-order valence-corrected chi connectivity index (χ3v) is 5.33. The molecule has 0 aliphatic heterocycles. The van der Waals surface area contributed by atoms with Crippen molar-refractivity contribution in [2.45, 2.75) is 24.8 Å². The van der Waals surface area contributed by atoms with Crippen LogP contribution < -0.4 is 5.73 Å². The molecular formula is C16H18FNO2S. The fourth-order valence-electron chi connectivity index (χ4n) is 2.11. The van der Waals surface area contributed by atoms with Gasteiger partial charge in [-0.1, -0.05) is 30.3 Å². The number of hydrogen-bond donors (Lipinski definition) is 1. The second kappa shape index (κ2) is 5.95. The van der Waals surface area contributed by atoms with Gasteiger partial charge in [0.2, 0.25) is 0 Å². The molecule has 1 atom stereocenters. The van der Waals surface area contributed by atoms with Crippen molar-refractivity contribution >= 4 is 9.84 Å². The van der Waals surface area contributed by atoms with Gasteiger partial charge in [0.25, 0.3) is 0 Å². The van der Waals surface area contributed by atoms with Crippen molar-refractivity contribution in [2.75, 3.05) is 5.75 Å². The van der Waals surface area contributed by atoms with Crippen molar-refractivity contribution in [3.8, 4) is 0 Å². The average molecular weight is 307 g/mol. The Morgan fingerprint density at radius 1 is 1.10 bits per heavy atom. The number of benzene rings is 2. The van der Waals surface area contributed by atoms with Gasteiger partial charge in [-0.25, -0.2) is 12.8 Å². The zero-order valence-electron chi connectivity index (χ0n) is 12.0. The smallest absolute Gasteiger partial charge is 0.183 e. The molecule has 2 aromatic carbocycles. The molecule has 0 saturated carbocycles. The van der Waals surface area contributed by atoms with Crippen LogP contribution in [0.2, 0.25) is 0 Å². The van der Waals surface area contributed by atoms with Crippen molar-refractivity contribution in [3.63, 3.8) is 0 Å². The Morgan fingerprint density at radius 3 is 2.38 bits per heavy atom. The van der Waals surface area contributed by atoms with Crippen LogP contribution >= 0.6 is 0 Å². The third kappa shape index (κ3) is 3.49. The molecule has 5 heteroatoms. The van der Waals surface area contributed by atoms with E-state index in [1.807, 2.05) is 32.0 Å². The second-order valence-electron chi connectivity index (χ2n) is 5.16. The van der Waals surface area contributed by atoms with Gasteiger partial charge >= 0.3 is 0 Å². The van der Waals surface area contributed by atoms with Gasteiger partial charge in [0.1, 0.15) is 10.7 Å². The van der Waals surface area contributed by atoms with E-state index in [2.05, 4.69) is 0 Å². The van der Waals surface area contributed by atoms with Crippen LogP contribution in [0.3, 0.4) is 0 Å². The topological polar surface area (TPSA) is 60.2 Å². The molecule has 1 unspecified atom stereocenters. The summed E-state index contributed by atoms with van der Waals surface area (Å²) < 4.78 is 38.2. The van der Waals surface area contributed by atoms with Crippen molar-refractivity contribution in [1.82, 2.24) is 0 Å². The Bertz CT molecular complexity index is 757. The molecule has 0 aliphatic carbocycles. The van der Waals surface area contributed by atoms with E-state index < -0.39 is 21.7 Å². The van der Waals surface area contributed by atoms with Gasteiger partial charge in [0.05, 0.1) is 5.75 Å². The molecule has 0 aromatic heterocycles. The quantitative estimate of drug-likeness (QED) is 0.944. The lowest BCUT2D eigenvalue weighted by Crippen LogP contribution is -2.22. The lowest BCUT2D eigenvalue weighted by atomic mass is 10.0. The average Bonchev–Trinajstić information content (AvgIpc) is 2.41. The zero-order valence-corrected chi connectivity index (χ0v) is 12.8. The van der Waals surface area contributed by atoms with Crippen LogP contribution in [0.15, 0.2) is 47.4 Å². The third-order valence-electron chi connectivity index (χ3n) is 3.53. The fraction of sp³-hybridized carbons (Fsp3) is 0.250. The molecule has 0 aliphatic rings. The predicted molar refractivity (Wildman–Crippen MR) is 81.3 cm³/mol. The van der Waals surface area contributed by atoms with Gasteiger partial charge in [0.15, 0.2) is 9.84 Å². The van der Waals surface area contributed by atoms with Gasteiger partial charge < -0.3 is 5.73 Å². The maximum Gasteiger partial charge on any atom is 0.183 e. The van der Waals surface area contributed by atoms with Crippen molar-refractivity contribution in [2.24, 2.45) is 5.73 Å². The highest BCUT2D eigenvalue weighted by molar-refractivity contribution is 7.91. The normalized spacial score (nSPS) is 13.1. The van der Waals surface area contributed by atoms with E-state index in [1.165, 1.54) is 18.2 Å². The van der Waals surface area contributed by atoms with Crippen LogP contribution in [-0.4, -0.2) is 14.2 Å². The Balaban J connectivity index is 2.28. The van der Waals surface area contributed by atoms with E-state index in [9.17, 15) is 12.8 Å². The summed E-state index contributed by atoms with van der Waals surface area (Å²) >= 11 is 0. The lowest BCUT2D eigenvalue weighted by Gasteiger charge is -2.14. The molecule has 2 aromatic rings. The largest absolute Gasteiger partial charge is 0.323 e. The monoisotopic (exact) mass is 307 g/mol. The van der Waals surface area contributed by atoms with Crippen LogP contribution in [0.4, 0.5) is 4.39 Å². The molecule has 0 amide bonds. The SMILES string of the molecule is Cc1ccc(C(N)CS(=O)(=O)c2ccccc2F)cc1C. The van der Waals surface area contributed by atoms with Crippen molar-refractivity contribution < 1.29 is 12.8 Å². The molecule has 0 fully saturated rings. The van der Waals surface area contributed by atoms with E-state index in [1.54, 1.807) is 0 Å². The van der Waals surface area contributed by atoms with E-state index >= 15 is 0 Å². The molecule has 0 spiro atoms. The Morgan fingerprint density at radius 2 is 1.76 bits per heavy atom. The lowest BCUT2D eigenvalue weighted by molar-refractivity contribution is 0.562. The van der Waals surface area contributed by atoms with Crippen LogP contribution in [0.1, 0.15) is 22.7 Å². The summed E-state index contributed by atoms with van der Waals surface area (Å²) in [5.74, 6) is -1.07. The standard InChI is InChI=1S/C16H18FNO2S/c1-11-7-8-13(9-12(11)2)15(18)10-21(19,20)16-6-4-3-5-14(16)17/h3-9,15H,10,18H2,1-2H3. The molecule has 3 nitrogen and oxygen atoms in total. The molecule has 0 heterocycles. The maximum atomic E-state index is 13.6. The highest BCUT2D eigenvalue weighted by Gasteiger charge is 2.23. The first-order chi connectivity index (χ1) is 9.81. The molecular weight excluding hydrogens is 289 g/mol. The van der Waals surface area contributed by atoms with E-state index in [-0.39, 0.29) is 10.6 Å². The molecule has 21 heavy (non-hydrogen) atoms. The minimum atomic E-state index is -3.76. The van der Waals surface area contributed by atoms with Crippen molar-refractivity contribution in [1.29, 1.82) is 0 Å². The Kier molecular flexibility index (Phi) is 4.44. The first kappa shape index (κ1) is 15.7. The summed E-state index contributed by atoms with van der Waals surface area (Å²) in [6, 6.07) is 10.2. The van der Waals surface area contributed by atoms with Gasteiger partial charge in [-0.15, -0.1) is 0 Å². The highest BCUT2D eigenvalue weighted by atomic mass is 32.2.